The van der Waals surface area contributed by atoms with Crippen molar-refractivity contribution in [3.05, 3.63) is 23.9 Å². The topological polar surface area (TPSA) is 48.5 Å². The van der Waals surface area contributed by atoms with Gasteiger partial charge in [-0.25, -0.2) is 9.78 Å². The van der Waals surface area contributed by atoms with Crippen molar-refractivity contribution in [2.24, 2.45) is 0 Å². The number of aromatic nitrogens is 1. The molecule has 0 aromatic carbocycles. The number of hydrogen-bond acceptors (Lipinski definition) is 4. The first-order chi connectivity index (χ1) is 10.1. The zero-order valence-electron chi connectivity index (χ0n) is 13.0. The molecule has 0 spiro atoms. The van der Waals surface area contributed by atoms with Crippen LogP contribution < -0.4 is 10.2 Å². The predicted molar refractivity (Wildman–Crippen MR) is 88.9 cm³/mol. The number of urea groups is 1. The number of pyridine rings is 1. The van der Waals surface area contributed by atoms with Gasteiger partial charge in [-0.1, -0.05) is 0 Å². The monoisotopic (exact) mass is 308 g/mol. The summed E-state index contributed by atoms with van der Waals surface area (Å²) in [5, 5.41) is 3.02. The van der Waals surface area contributed by atoms with Gasteiger partial charge in [0.25, 0.3) is 0 Å². The summed E-state index contributed by atoms with van der Waals surface area (Å²) in [6, 6.07) is 4.29. The average molecular weight is 308 g/mol. The van der Waals surface area contributed by atoms with Gasteiger partial charge < -0.3 is 15.1 Å². The fourth-order valence-corrected chi connectivity index (χ4v) is 3.33. The predicted octanol–water partition coefficient (Wildman–Crippen LogP) is 2.18. The molecule has 1 aromatic rings. The van der Waals surface area contributed by atoms with Gasteiger partial charge in [0, 0.05) is 45.2 Å². The lowest BCUT2D eigenvalue weighted by Gasteiger charge is -2.27. The minimum absolute atomic E-state index is 0.0354. The van der Waals surface area contributed by atoms with Crippen molar-refractivity contribution in [3.63, 3.8) is 0 Å². The molecule has 1 aromatic heterocycles. The van der Waals surface area contributed by atoms with Gasteiger partial charge in [-0.05, 0) is 36.8 Å². The summed E-state index contributed by atoms with van der Waals surface area (Å²) in [5.41, 5.74) is 1.07. The Morgan fingerprint density at radius 3 is 3.10 bits per heavy atom. The normalized spacial score (nSPS) is 19.0. The Bertz CT molecular complexity index is 480. The van der Waals surface area contributed by atoms with Crippen LogP contribution in [0.2, 0.25) is 0 Å². The number of rotatable bonds is 3. The number of hydrogen-bond donors (Lipinski definition) is 1. The van der Waals surface area contributed by atoms with Crippen molar-refractivity contribution < 1.29 is 4.79 Å². The highest BCUT2D eigenvalue weighted by molar-refractivity contribution is 7.99. The molecule has 116 valence electrons. The number of carbonyl (C=O) groups is 1. The van der Waals surface area contributed by atoms with E-state index in [1.807, 2.05) is 47.8 Å². The van der Waals surface area contributed by atoms with E-state index in [9.17, 15) is 4.79 Å². The fraction of sp³-hybridized carbons (Fsp3) is 0.600. The summed E-state index contributed by atoms with van der Waals surface area (Å²) >= 11 is 1.92. The molecule has 0 bridgehead atoms. The van der Waals surface area contributed by atoms with Crippen LogP contribution in [-0.2, 0) is 6.54 Å². The van der Waals surface area contributed by atoms with Gasteiger partial charge in [-0.2, -0.15) is 11.8 Å². The molecular formula is C15H24N4OS. The maximum absolute atomic E-state index is 12.3. The van der Waals surface area contributed by atoms with E-state index < -0.39 is 0 Å². The molecule has 0 radical (unpaired) electrons. The number of amides is 2. The fourth-order valence-electron chi connectivity index (χ4n) is 2.29. The van der Waals surface area contributed by atoms with Gasteiger partial charge in [-0.3, -0.25) is 0 Å². The Morgan fingerprint density at radius 2 is 2.33 bits per heavy atom. The molecule has 6 heteroatoms. The summed E-state index contributed by atoms with van der Waals surface area (Å²) in [4.78, 5) is 20.5. The first-order valence-electron chi connectivity index (χ1n) is 7.32. The van der Waals surface area contributed by atoms with E-state index in [0.29, 0.717) is 12.6 Å². The minimum Gasteiger partial charge on any atom is -0.363 e. The minimum atomic E-state index is 0.0354. The number of nitrogens with one attached hydrogen (secondary N) is 1. The van der Waals surface area contributed by atoms with Crippen LogP contribution in [0.3, 0.4) is 0 Å². The van der Waals surface area contributed by atoms with Crippen LogP contribution in [0.5, 0.6) is 0 Å². The smallest absolute Gasteiger partial charge is 0.317 e. The van der Waals surface area contributed by atoms with E-state index in [1.165, 1.54) is 0 Å². The largest absolute Gasteiger partial charge is 0.363 e. The number of nitrogens with zero attached hydrogens (tertiary/aromatic N) is 3. The molecule has 0 unspecified atom stereocenters. The molecular weight excluding hydrogens is 284 g/mol. The van der Waals surface area contributed by atoms with E-state index in [2.05, 4.69) is 17.2 Å². The molecule has 21 heavy (non-hydrogen) atoms. The maximum atomic E-state index is 12.3. The van der Waals surface area contributed by atoms with Gasteiger partial charge >= 0.3 is 6.03 Å². The van der Waals surface area contributed by atoms with E-state index >= 15 is 0 Å². The van der Waals surface area contributed by atoms with Gasteiger partial charge in [0.2, 0.25) is 0 Å². The molecule has 2 rings (SSSR count). The van der Waals surface area contributed by atoms with Crippen LogP contribution in [0.4, 0.5) is 10.6 Å². The highest BCUT2D eigenvalue weighted by Crippen LogP contribution is 2.16. The lowest BCUT2D eigenvalue weighted by molar-refractivity contribution is 0.182. The molecule has 1 aliphatic heterocycles. The highest BCUT2D eigenvalue weighted by Gasteiger charge is 2.21. The molecule has 1 N–H and O–H groups in total. The van der Waals surface area contributed by atoms with E-state index in [4.69, 9.17) is 0 Å². The van der Waals surface area contributed by atoms with Crippen LogP contribution in [0, 0.1) is 0 Å². The lowest BCUT2D eigenvalue weighted by atomic mass is 10.2. The van der Waals surface area contributed by atoms with Crippen molar-refractivity contribution in [3.8, 4) is 0 Å². The van der Waals surface area contributed by atoms with Crippen molar-refractivity contribution in [2.75, 3.05) is 37.0 Å². The Kier molecular flexibility index (Phi) is 5.73. The van der Waals surface area contributed by atoms with Gasteiger partial charge in [0.1, 0.15) is 5.82 Å². The molecule has 5 nitrogen and oxygen atoms in total. The van der Waals surface area contributed by atoms with E-state index in [0.717, 1.165) is 35.9 Å². The summed E-state index contributed by atoms with van der Waals surface area (Å²) in [5.74, 6) is 3.07. The van der Waals surface area contributed by atoms with Crippen LogP contribution in [0.1, 0.15) is 18.9 Å². The Hall–Kier alpha value is -1.43. The van der Waals surface area contributed by atoms with Crippen LogP contribution in [0.25, 0.3) is 0 Å². The number of anilines is 1. The van der Waals surface area contributed by atoms with Crippen molar-refractivity contribution in [2.45, 2.75) is 25.9 Å². The second-order valence-electron chi connectivity index (χ2n) is 5.52. The van der Waals surface area contributed by atoms with Crippen LogP contribution in [0.15, 0.2) is 18.3 Å². The number of carbonyl (C=O) groups excluding carboxylic acids is 1. The second kappa shape index (κ2) is 7.54. The molecule has 1 fully saturated rings. The lowest BCUT2D eigenvalue weighted by Crippen LogP contribution is -2.45. The summed E-state index contributed by atoms with van der Waals surface area (Å²) in [7, 11) is 3.92. The first-order valence-corrected chi connectivity index (χ1v) is 8.48. The maximum Gasteiger partial charge on any atom is 0.317 e. The molecule has 0 saturated carbocycles. The van der Waals surface area contributed by atoms with Gasteiger partial charge in [-0.15, -0.1) is 0 Å². The summed E-state index contributed by atoms with van der Waals surface area (Å²) < 4.78 is 0. The SMILES string of the molecule is C[C@H]1CCSCCN1C(=O)NCc1ccnc(N(C)C)c1. The Balaban J connectivity index is 1.92. The van der Waals surface area contributed by atoms with E-state index in [1.54, 1.807) is 6.20 Å². The van der Waals surface area contributed by atoms with Crippen LogP contribution in [-0.4, -0.2) is 54.1 Å². The third-order valence-electron chi connectivity index (χ3n) is 3.66. The number of thioether (sulfide) groups is 1. The van der Waals surface area contributed by atoms with Crippen molar-refractivity contribution in [1.82, 2.24) is 15.2 Å². The summed E-state index contributed by atoms with van der Waals surface area (Å²) in [6.07, 6.45) is 2.85. The second-order valence-corrected chi connectivity index (χ2v) is 6.74. The zero-order chi connectivity index (χ0) is 15.2. The molecule has 2 heterocycles. The third kappa shape index (κ3) is 4.52. The molecule has 0 aliphatic carbocycles. The quantitative estimate of drug-likeness (QED) is 0.930. The Morgan fingerprint density at radius 1 is 1.52 bits per heavy atom. The zero-order valence-corrected chi connectivity index (χ0v) is 13.8. The molecule has 2 amide bonds. The van der Waals surface area contributed by atoms with Crippen LogP contribution >= 0.6 is 11.8 Å². The van der Waals surface area contributed by atoms with Gasteiger partial charge in [0.05, 0.1) is 0 Å². The standard InChI is InChI=1S/C15H24N4OS/c1-12-5-8-21-9-7-19(12)15(20)17-11-13-4-6-16-14(10-13)18(2)3/h4,6,10,12H,5,7-9,11H2,1-3H3,(H,17,20)/t12-/m0/s1. The first kappa shape index (κ1) is 15.9. The van der Waals surface area contributed by atoms with E-state index in [-0.39, 0.29) is 6.03 Å². The molecule has 1 aliphatic rings. The molecule has 1 atom stereocenters. The van der Waals surface area contributed by atoms with Crippen molar-refractivity contribution in [1.29, 1.82) is 0 Å². The van der Waals surface area contributed by atoms with Gasteiger partial charge in [0.15, 0.2) is 0 Å². The average Bonchev–Trinajstić information content (AvgIpc) is 2.69. The summed E-state index contributed by atoms with van der Waals surface area (Å²) in [6.45, 7) is 3.50. The van der Waals surface area contributed by atoms with Crippen molar-refractivity contribution >= 4 is 23.6 Å². The third-order valence-corrected chi connectivity index (χ3v) is 4.66. The Labute approximate surface area is 131 Å². The molecule has 1 saturated heterocycles. The highest BCUT2D eigenvalue weighted by atomic mass is 32.2.